The van der Waals surface area contributed by atoms with Crippen LogP contribution >= 0.6 is 22.9 Å². The lowest BCUT2D eigenvalue weighted by molar-refractivity contribution is 0.0746. The molecule has 0 aliphatic carbocycles. The number of halogens is 1. The van der Waals surface area contributed by atoms with E-state index in [4.69, 9.17) is 11.6 Å². The van der Waals surface area contributed by atoms with E-state index in [2.05, 4.69) is 0 Å². The summed E-state index contributed by atoms with van der Waals surface area (Å²) in [7, 11) is -3.72. The summed E-state index contributed by atoms with van der Waals surface area (Å²) in [5.41, 5.74) is 1.47. The zero-order valence-corrected chi connectivity index (χ0v) is 20.0. The molecule has 1 amide bonds. The third-order valence-electron chi connectivity index (χ3n) is 5.59. The standard InChI is InChI=1S/C24H25ClN2O3S2/c25-22-11-10-20(17-23(22)32(29,30)27-13-4-5-14-27)24(28)26(18-21-9-6-16-31-21)15-12-19-7-2-1-3-8-19/h1-3,6-11,16-17H,4-5,12-15,18H2. The Hall–Kier alpha value is -2.19. The number of thiophene rings is 1. The average Bonchev–Trinajstić information content (AvgIpc) is 3.52. The largest absolute Gasteiger partial charge is 0.333 e. The quantitative estimate of drug-likeness (QED) is 0.444. The maximum atomic E-state index is 13.5. The van der Waals surface area contributed by atoms with Gasteiger partial charge in [-0.1, -0.05) is 48.0 Å². The predicted octanol–water partition coefficient (Wildman–Crippen LogP) is 5.07. The van der Waals surface area contributed by atoms with E-state index in [1.54, 1.807) is 22.3 Å². The molecule has 3 aromatic rings. The molecule has 1 aliphatic heterocycles. The van der Waals surface area contributed by atoms with Crippen LogP contribution in [0.3, 0.4) is 0 Å². The van der Waals surface area contributed by atoms with Gasteiger partial charge in [-0.2, -0.15) is 4.31 Å². The second-order valence-electron chi connectivity index (χ2n) is 7.80. The molecule has 8 heteroatoms. The molecule has 0 unspecified atom stereocenters. The van der Waals surface area contributed by atoms with Crippen LogP contribution in [0.2, 0.25) is 5.02 Å². The van der Waals surface area contributed by atoms with Gasteiger partial charge in [0.15, 0.2) is 0 Å². The first-order valence-corrected chi connectivity index (χ1v) is 13.3. The van der Waals surface area contributed by atoms with Gasteiger partial charge in [0, 0.05) is 30.1 Å². The van der Waals surface area contributed by atoms with E-state index in [1.807, 2.05) is 47.8 Å². The van der Waals surface area contributed by atoms with E-state index in [0.29, 0.717) is 38.2 Å². The Morgan fingerprint density at radius 2 is 1.78 bits per heavy atom. The molecular weight excluding hydrogens is 464 g/mol. The lowest BCUT2D eigenvalue weighted by atomic mass is 10.1. The van der Waals surface area contributed by atoms with Crippen LogP contribution in [0.5, 0.6) is 0 Å². The minimum absolute atomic E-state index is 0.00560. The third-order valence-corrected chi connectivity index (χ3v) is 8.83. The molecule has 0 atom stereocenters. The number of nitrogens with zero attached hydrogens (tertiary/aromatic N) is 2. The average molecular weight is 489 g/mol. The zero-order valence-electron chi connectivity index (χ0n) is 17.6. The van der Waals surface area contributed by atoms with Crippen molar-refractivity contribution in [3.8, 4) is 0 Å². The highest BCUT2D eigenvalue weighted by atomic mass is 35.5. The Labute approximate surface area is 198 Å². The summed E-state index contributed by atoms with van der Waals surface area (Å²) in [4.78, 5) is 16.3. The molecule has 0 saturated carbocycles. The Bertz CT molecular complexity index is 1160. The Morgan fingerprint density at radius 3 is 2.47 bits per heavy atom. The van der Waals surface area contributed by atoms with Crippen molar-refractivity contribution in [2.75, 3.05) is 19.6 Å². The summed E-state index contributed by atoms with van der Waals surface area (Å²) < 4.78 is 27.6. The van der Waals surface area contributed by atoms with Gasteiger partial charge < -0.3 is 4.90 Å². The number of amides is 1. The van der Waals surface area contributed by atoms with E-state index < -0.39 is 10.0 Å². The summed E-state index contributed by atoms with van der Waals surface area (Å²) in [6, 6.07) is 18.5. The van der Waals surface area contributed by atoms with Crippen molar-refractivity contribution in [3.63, 3.8) is 0 Å². The number of hydrogen-bond acceptors (Lipinski definition) is 4. The third kappa shape index (κ3) is 5.23. The molecule has 4 rings (SSSR count). The Morgan fingerprint density at radius 1 is 1.03 bits per heavy atom. The SMILES string of the molecule is O=C(c1ccc(Cl)c(S(=O)(=O)N2CCCC2)c1)N(CCc1ccccc1)Cc1cccs1. The number of rotatable bonds is 8. The maximum absolute atomic E-state index is 13.5. The predicted molar refractivity (Wildman–Crippen MR) is 129 cm³/mol. The Kier molecular flexibility index (Phi) is 7.30. The van der Waals surface area contributed by atoms with Gasteiger partial charge in [-0.15, -0.1) is 11.3 Å². The van der Waals surface area contributed by atoms with Crippen LogP contribution in [0.1, 0.15) is 33.6 Å². The van der Waals surface area contributed by atoms with Gasteiger partial charge in [0.25, 0.3) is 5.91 Å². The van der Waals surface area contributed by atoms with Crippen LogP contribution in [0, 0.1) is 0 Å². The van der Waals surface area contributed by atoms with E-state index >= 15 is 0 Å². The molecule has 1 fully saturated rings. The fourth-order valence-corrected chi connectivity index (χ4v) is 6.57. The summed E-state index contributed by atoms with van der Waals surface area (Å²) in [5, 5.41) is 2.13. The van der Waals surface area contributed by atoms with E-state index in [9.17, 15) is 13.2 Å². The first-order chi connectivity index (χ1) is 15.4. The van der Waals surface area contributed by atoms with Gasteiger partial charge in [0.2, 0.25) is 10.0 Å². The minimum atomic E-state index is -3.72. The van der Waals surface area contributed by atoms with Crippen molar-refractivity contribution in [2.24, 2.45) is 0 Å². The molecule has 0 spiro atoms. The fraction of sp³-hybridized carbons (Fsp3) is 0.292. The highest BCUT2D eigenvalue weighted by Gasteiger charge is 2.30. The van der Waals surface area contributed by atoms with Gasteiger partial charge in [-0.3, -0.25) is 4.79 Å². The maximum Gasteiger partial charge on any atom is 0.254 e. The number of hydrogen-bond donors (Lipinski definition) is 0. The van der Waals surface area contributed by atoms with Crippen molar-refractivity contribution >= 4 is 38.9 Å². The lowest BCUT2D eigenvalue weighted by Crippen LogP contribution is -2.33. The van der Waals surface area contributed by atoms with Crippen molar-refractivity contribution in [1.82, 2.24) is 9.21 Å². The first kappa shape index (κ1) is 23.0. The smallest absolute Gasteiger partial charge is 0.254 e. The molecule has 1 aromatic heterocycles. The van der Waals surface area contributed by atoms with Crippen molar-refractivity contribution in [2.45, 2.75) is 30.7 Å². The monoisotopic (exact) mass is 488 g/mol. The zero-order chi connectivity index (χ0) is 22.6. The van der Waals surface area contributed by atoms with Gasteiger partial charge >= 0.3 is 0 Å². The number of benzene rings is 2. The molecule has 5 nitrogen and oxygen atoms in total. The fourth-order valence-electron chi connectivity index (χ4n) is 3.84. The summed E-state index contributed by atoms with van der Waals surface area (Å²) in [5.74, 6) is -0.205. The van der Waals surface area contributed by atoms with E-state index in [-0.39, 0.29) is 15.8 Å². The van der Waals surface area contributed by atoms with Crippen LogP contribution in [0.15, 0.2) is 70.9 Å². The van der Waals surface area contributed by atoms with Crippen LogP contribution in [-0.4, -0.2) is 43.2 Å². The van der Waals surface area contributed by atoms with Gasteiger partial charge in [-0.05, 0) is 54.5 Å². The van der Waals surface area contributed by atoms with Crippen molar-refractivity contribution in [1.29, 1.82) is 0 Å². The molecule has 1 aliphatic rings. The second-order valence-corrected chi connectivity index (χ2v) is 11.1. The van der Waals surface area contributed by atoms with Crippen LogP contribution in [0.25, 0.3) is 0 Å². The van der Waals surface area contributed by atoms with Crippen molar-refractivity contribution in [3.05, 3.63) is 87.1 Å². The van der Waals surface area contributed by atoms with E-state index in [0.717, 1.165) is 23.3 Å². The van der Waals surface area contributed by atoms with Gasteiger partial charge in [0.1, 0.15) is 4.90 Å². The van der Waals surface area contributed by atoms with Gasteiger partial charge in [-0.25, -0.2) is 8.42 Å². The van der Waals surface area contributed by atoms with E-state index in [1.165, 1.54) is 16.4 Å². The molecule has 2 aromatic carbocycles. The number of carbonyl (C=O) groups is 1. The lowest BCUT2D eigenvalue weighted by Gasteiger charge is -2.23. The molecule has 1 saturated heterocycles. The molecule has 168 valence electrons. The summed E-state index contributed by atoms with van der Waals surface area (Å²) >= 11 is 7.87. The normalized spacial score (nSPS) is 14.5. The molecule has 0 bridgehead atoms. The topological polar surface area (TPSA) is 57.7 Å². The summed E-state index contributed by atoms with van der Waals surface area (Å²) in [6.45, 7) is 1.97. The summed E-state index contributed by atoms with van der Waals surface area (Å²) in [6.07, 6.45) is 2.39. The Balaban J connectivity index is 1.61. The number of carbonyl (C=O) groups excluding carboxylic acids is 1. The highest BCUT2D eigenvalue weighted by molar-refractivity contribution is 7.89. The highest BCUT2D eigenvalue weighted by Crippen LogP contribution is 2.29. The van der Waals surface area contributed by atoms with Gasteiger partial charge in [0.05, 0.1) is 11.6 Å². The minimum Gasteiger partial charge on any atom is -0.333 e. The molecule has 0 radical (unpaired) electrons. The van der Waals surface area contributed by atoms with Crippen LogP contribution < -0.4 is 0 Å². The van der Waals surface area contributed by atoms with Crippen LogP contribution in [-0.2, 0) is 23.0 Å². The molecule has 0 N–H and O–H groups in total. The molecule has 2 heterocycles. The van der Waals surface area contributed by atoms with Crippen LogP contribution in [0.4, 0.5) is 0 Å². The first-order valence-electron chi connectivity index (χ1n) is 10.6. The molecular formula is C24H25ClN2O3S2. The van der Waals surface area contributed by atoms with Crippen molar-refractivity contribution < 1.29 is 13.2 Å². The molecule has 32 heavy (non-hydrogen) atoms. The number of sulfonamides is 1. The second kappa shape index (κ2) is 10.2.